The molecule has 2 aromatic carbocycles. The summed E-state index contributed by atoms with van der Waals surface area (Å²) in [6, 6.07) is 13.9. The second-order valence-electron chi connectivity index (χ2n) is 5.94. The Balaban J connectivity index is 2.19. The van der Waals surface area contributed by atoms with E-state index in [-0.39, 0.29) is 11.9 Å². The van der Waals surface area contributed by atoms with E-state index in [1.54, 1.807) is 24.3 Å². The second-order valence-corrected chi connectivity index (χ2v) is 7.96. The van der Waals surface area contributed by atoms with Crippen LogP contribution in [-0.4, -0.2) is 34.2 Å². The number of carbonyl (C=O) groups is 1. The summed E-state index contributed by atoms with van der Waals surface area (Å²) in [5, 5.41) is 2.91. The maximum atomic E-state index is 12.7. The smallest absolute Gasteiger partial charge is 0.253 e. The minimum Gasteiger partial charge on any atom is -0.494 e. The first-order valence-electron chi connectivity index (χ1n) is 8.30. The summed E-state index contributed by atoms with van der Waals surface area (Å²) >= 11 is 0. The lowest BCUT2D eigenvalue weighted by Gasteiger charge is -2.21. The van der Waals surface area contributed by atoms with Gasteiger partial charge < -0.3 is 10.1 Å². The van der Waals surface area contributed by atoms with Gasteiger partial charge in [0, 0.05) is 7.05 Å². The highest BCUT2D eigenvalue weighted by atomic mass is 32.2. The first kappa shape index (κ1) is 19.8. The molecule has 0 saturated heterocycles. The number of amides is 1. The second kappa shape index (κ2) is 8.23. The zero-order valence-electron chi connectivity index (χ0n) is 15.4. The molecule has 2 aromatic rings. The molecule has 2 rings (SSSR count). The van der Waals surface area contributed by atoms with E-state index in [9.17, 15) is 13.2 Å². The number of nitrogens with one attached hydrogen (secondary N) is 1. The van der Waals surface area contributed by atoms with Crippen molar-refractivity contribution in [2.75, 3.05) is 24.2 Å². The molecule has 26 heavy (non-hydrogen) atoms. The van der Waals surface area contributed by atoms with Gasteiger partial charge in [-0.15, -0.1) is 0 Å². The van der Waals surface area contributed by atoms with Gasteiger partial charge in [0.25, 0.3) is 5.91 Å². The highest BCUT2D eigenvalue weighted by Gasteiger charge is 2.20. The molecule has 0 aliphatic rings. The zero-order valence-corrected chi connectivity index (χ0v) is 16.2. The molecule has 0 saturated carbocycles. The molecule has 1 atom stereocenters. The van der Waals surface area contributed by atoms with Crippen LogP contribution >= 0.6 is 0 Å². The Hall–Kier alpha value is -2.54. The number of carbonyl (C=O) groups excluding carboxylic acids is 1. The van der Waals surface area contributed by atoms with Crippen LogP contribution in [0.2, 0.25) is 0 Å². The molecule has 0 heterocycles. The van der Waals surface area contributed by atoms with Crippen molar-refractivity contribution in [3.05, 3.63) is 59.7 Å². The molecular weight excluding hydrogens is 352 g/mol. The molecule has 6 nitrogen and oxygen atoms in total. The van der Waals surface area contributed by atoms with Crippen molar-refractivity contribution < 1.29 is 17.9 Å². The average Bonchev–Trinajstić information content (AvgIpc) is 2.61. The Morgan fingerprint density at radius 2 is 1.77 bits per heavy atom. The number of anilines is 1. The predicted octanol–water partition coefficient (Wildman–Crippen LogP) is 2.97. The van der Waals surface area contributed by atoms with E-state index in [0.29, 0.717) is 17.9 Å². The van der Waals surface area contributed by atoms with E-state index in [0.717, 1.165) is 21.9 Å². The minimum atomic E-state index is -3.46. The summed E-state index contributed by atoms with van der Waals surface area (Å²) in [5.41, 5.74) is 1.57. The number of nitrogens with zero attached hydrogens (tertiary/aromatic N) is 1. The van der Waals surface area contributed by atoms with Crippen LogP contribution in [0, 0.1) is 0 Å². The fraction of sp³-hybridized carbons (Fsp3) is 0.316. The first-order chi connectivity index (χ1) is 12.2. The van der Waals surface area contributed by atoms with Crippen molar-refractivity contribution in [2.45, 2.75) is 19.9 Å². The van der Waals surface area contributed by atoms with Crippen LogP contribution in [0.1, 0.15) is 35.8 Å². The van der Waals surface area contributed by atoms with Crippen molar-refractivity contribution in [3.63, 3.8) is 0 Å². The van der Waals surface area contributed by atoms with Crippen LogP contribution in [-0.2, 0) is 10.0 Å². The van der Waals surface area contributed by atoms with E-state index in [4.69, 9.17) is 4.74 Å². The van der Waals surface area contributed by atoms with Gasteiger partial charge >= 0.3 is 0 Å². The lowest BCUT2D eigenvalue weighted by molar-refractivity contribution is 0.0940. The van der Waals surface area contributed by atoms with E-state index in [1.165, 1.54) is 7.05 Å². The van der Waals surface area contributed by atoms with Gasteiger partial charge in [-0.25, -0.2) is 8.42 Å². The van der Waals surface area contributed by atoms with Crippen molar-refractivity contribution in [2.24, 2.45) is 0 Å². The van der Waals surface area contributed by atoms with Crippen LogP contribution in [0.3, 0.4) is 0 Å². The topological polar surface area (TPSA) is 75.7 Å². The molecule has 1 amide bonds. The van der Waals surface area contributed by atoms with Crippen molar-refractivity contribution in [1.29, 1.82) is 0 Å². The standard InChI is InChI=1S/C19H24N2O4S/c1-5-25-16-12-10-15(11-13-16)14(2)20-19(22)17-8-6-7-9-18(17)21(3)26(4,23)24/h6-14H,5H2,1-4H3,(H,20,22)/t14-/m0/s1. The molecule has 0 aromatic heterocycles. The van der Waals surface area contributed by atoms with E-state index >= 15 is 0 Å². The van der Waals surface area contributed by atoms with E-state index in [1.807, 2.05) is 38.1 Å². The monoisotopic (exact) mass is 376 g/mol. The Morgan fingerprint density at radius 3 is 2.35 bits per heavy atom. The lowest BCUT2D eigenvalue weighted by atomic mass is 10.1. The summed E-state index contributed by atoms with van der Waals surface area (Å²) in [6.07, 6.45) is 1.10. The number of benzene rings is 2. The number of ether oxygens (including phenoxy) is 1. The van der Waals surface area contributed by atoms with E-state index in [2.05, 4.69) is 5.32 Å². The SMILES string of the molecule is CCOc1ccc([C@H](C)NC(=O)c2ccccc2N(C)S(C)(=O)=O)cc1. The van der Waals surface area contributed by atoms with Gasteiger partial charge in [-0.3, -0.25) is 9.10 Å². The van der Waals surface area contributed by atoms with Gasteiger partial charge in [-0.05, 0) is 43.7 Å². The van der Waals surface area contributed by atoms with Gasteiger partial charge in [-0.1, -0.05) is 24.3 Å². The maximum absolute atomic E-state index is 12.7. The van der Waals surface area contributed by atoms with Crippen LogP contribution < -0.4 is 14.4 Å². The Kier molecular flexibility index (Phi) is 6.26. The van der Waals surface area contributed by atoms with Gasteiger partial charge in [0.15, 0.2) is 0 Å². The van der Waals surface area contributed by atoms with Crippen molar-refractivity contribution >= 4 is 21.6 Å². The zero-order chi connectivity index (χ0) is 19.3. The molecule has 0 unspecified atom stereocenters. The largest absolute Gasteiger partial charge is 0.494 e. The fourth-order valence-electron chi connectivity index (χ4n) is 2.50. The van der Waals surface area contributed by atoms with Crippen molar-refractivity contribution in [1.82, 2.24) is 5.32 Å². The summed E-state index contributed by atoms with van der Waals surface area (Å²) in [6.45, 7) is 4.38. The van der Waals surface area contributed by atoms with Gasteiger partial charge in [0.2, 0.25) is 10.0 Å². The molecule has 0 aliphatic heterocycles. The van der Waals surface area contributed by atoms with Gasteiger partial charge in [0.1, 0.15) is 5.75 Å². The molecular formula is C19H24N2O4S. The Bertz CT molecular complexity index is 863. The van der Waals surface area contributed by atoms with E-state index < -0.39 is 10.0 Å². The van der Waals surface area contributed by atoms with Crippen LogP contribution in [0.25, 0.3) is 0 Å². The number of para-hydroxylation sites is 1. The van der Waals surface area contributed by atoms with Gasteiger partial charge in [-0.2, -0.15) is 0 Å². The molecule has 1 N–H and O–H groups in total. The lowest BCUT2D eigenvalue weighted by Crippen LogP contribution is -2.31. The Labute approximate surface area is 154 Å². The number of hydrogen-bond donors (Lipinski definition) is 1. The summed E-state index contributed by atoms with van der Waals surface area (Å²) in [7, 11) is -2.04. The molecule has 140 valence electrons. The van der Waals surface area contributed by atoms with Crippen molar-refractivity contribution in [3.8, 4) is 5.75 Å². The maximum Gasteiger partial charge on any atom is 0.253 e. The molecule has 7 heteroatoms. The molecule has 0 spiro atoms. The minimum absolute atomic E-state index is 0.241. The summed E-state index contributed by atoms with van der Waals surface area (Å²) in [5.74, 6) is 0.437. The first-order valence-corrected chi connectivity index (χ1v) is 10.2. The molecule has 0 radical (unpaired) electrons. The average molecular weight is 376 g/mol. The fourth-order valence-corrected chi connectivity index (χ4v) is 3.01. The highest BCUT2D eigenvalue weighted by molar-refractivity contribution is 7.92. The summed E-state index contributed by atoms with van der Waals surface area (Å²) in [4.78, 5) is 12.7. The highest BCUT2D eigenvalue weighted by Crippen LogP contribution is 2.23. The normalized spacial score (nSPS) is 12.3. The van der Waals surface area contributed by atoms with Crippen LogP contribution in [0.15, 0.2) is 48.5 Å². The molecule has 0 aliphatic carbocycles. The quantitative estimate of drug-likeness (QED) is 0.806. The van der Waals surface area contributed by atoms with Gasteiger partial charge in [0.05, 0.1) is 30.2 Å². The third-order valence-electron chi connectivity index (χ3n) is 4.02. The molecule has 0 bridgehead atoms. The number of sulfonamides is 1. The number of rotatable bonds is 7. The summed E-state index contributed by atoms with van der Waals surface area (Å²) < 4.78 is 30.2. The third kappa shape index (κ3) is 4.76. The predicted molar refractivity (Wildman–Crippen MR) is 103 cm³/mol. The molecule has 0 fully saturated rings. The third-order valence-corrected chi connectivity index (χ3v) is 5.22. The Morgan fingerprint density at radius 1 is 1.15 bits per heavy atom. The van der Waals surface area contributed by atoms with Crippen LogP contribution in [0.4, 0.5) is 5.69 Å². The van der Waals surface area contributed by atoms with Crippen LogP contribution in [0.5, 0.6) is 5.75 Å². The number of hydrogen-bond acceptors (Lipinski definition) is 4.